The minimum atomic E-state index is -3.49. The molecule has 1 fully saturated rings. The molecule has 1 aliphatic rings. The fourth-order valence-corrected chi connectivity index (χ4v) is 5.89. The van der Waals surface area contributed by atoms with Gasteiger partial charge in [-0.05, 0) is 44.7 Å². The molecule has 2 heterocycles. The summed E-state index contributed by atoms with van der Waals surface area (Å²) in [5.41, 5.74) is 0. The smallest absolute Gasteiger partial charge is 0.252 e. The van der Waals surface area contributed by atoms with Crippen molar-refractivity contribution in [2.45, 2.75) is 50.2 Å². The van der Waals surface area contributed by atoms with Crippen molar-refractivity contribution in [1.82, 2.24) is 9.62 Å². The third kappa shape index (κ3) is 6.04. The Kier molecular flexibility index (Phi) is 8.53. The maximum atomic E-state index is 12.7. The lowest BCUT2D eigenvalue weighted by molar-refractivity contribution is -0.126. The van der Waals surface area contributed by atoms with Gasteiger partial charge in [0.25, 0.3) is 10.0 Å². The zero-order valence-corrected chi connectivity index (χ0v) is 17.3. The van der Waals surface area contributed by atoms with Gasteiger partial charge in [-0.3, -0.25) is 4.79 Å². The number of ether oxygens (including phenoxy) is 1. The highest BCUT2D eigenvalue weighted by Gasteiger charge is 2.33. The first-order valence-corrected chi connectivity index (χ1v) is 11.6. The van der Waals surface area contributed by atoms with E-state index in [9.17, 15) is 13.2 Å². The number of unbranched alkanes of at least 4 members (excludes halogenated alkanes) is 1. The number of carbonyl (C=O) groups is 1. The molecule has 0 bridgehead atoms. The Balaban J connectivity index is 1.79. The van der Waals surface area contributed by atoms with Gasteiger partial charge in [0, 0.05) is 37.7 Å². The molecule has 1 aliphatic heterocycles. The number of sulfonamides is 1. The molecule has 1 saturated heterocycles. The lowest BCUT2D eigenvalue weighted by atomic mass is 9.99. The van der Waals surface area contributed by atoms with Crippen LogP contribution in [0.15, 0.2) is 16.3 Å². The van der Waals surface area contributed by atoms with Crippen molar-refractivity contribution in [2.75, 3.05) is 32.8 Å². The van der Waals surface area contributed by atoms with Gasteiger partial charge in [0.15, 0.2) is 0 Å². The summed E-state index contributed by atoms with van der Waals surface area (Å²) in [7, 11) is -3.49. The Morgan fingerprint density at radius 3 is 2.81 bits per heavy atom. The standard InChI is InChI=1S/C18H30N2O4S2/c1-3-4-12-24-13-6-10-19-18(21)16-7-5-11-20(14-16)26(22,23)17-9-8-15(2)25-17/h8-9,16H,3-7,10-14H2,1-2H3,(H,19,21). The van der Waals surface area contributed by atoms with Gasteiger partial charge in [0.05, 0.1) is 5.92 Å². The van der Waals surface area contributed by atoms with Gasteiger partial charge >= 0.3 is 0 Å². The fraction of sp³-hybridized carbons (Fsp3) is 0.722. The van der Waals surface area contributed by atoms with E-state index < -0.39 is 10.0 Å². The van der Waals surface area contributed by atoms with E-state index in [-0.39, 0.29) is 18.4 Å². The third-order valence-corrected chi connectivity index (χ3v) is 7.80. The van der Waals surface area contributed by atoms with E-state index in [1.54, 1.807) is 6.07 Å². The van der Waals surface area contributed by atoms with Crippen molar-refractivity contribution in [3.63, 3.8) is 0 Å². The highest BCUT2D eigenvalue weighted by Crippen LogP contribution is 2.28. The number of rotatable bonds is 10. The van der Waals surface area contributed by atoms with Gasteiger partial charge in [0.2, 0.25) is 5.91 Å². The van der Waals surface area contributed by atoms with Crippen molar-refractivity contribution in [3.8, 4) is 0 Å². The quantitative estimate of drug-likeness (QED) is 0.611. The molecule has 1 atom stereocenters. The van der Waals surface area contributed by atoms with E-state index >= 15 is 0 Å². The summed E-state index contributed by atoms with van der Waals surface area (Å²) in [6.07, 6.45) is 4.39. The van der Waals surface area contributed by atoms with E-state index in [4.69, 9.17) is 4.74 Å². The van der Waals surface area contributed by atoms with Crippen LogP contribution in [0.2, 0.25) is 0 Å². The Morgan fingerprint density at radius 1 is 1.35 bits per heavy atom. The minimum Gasteiger partial charge on any atom is -0.381 e. The number of carbonyl (C=O) groups excluding carboxylic acids is 1. The highest BCUT2D eigenvalue weighted by molar-refractivity contribution is 7.91. The fourth-order valence-electron chi connectivity index (χ4n) is 2.93. The van der Waals surface area contributed by atoms with Gasteiger partial charge in [-0.25, -0.2) is 8.42 Å². The molecule has 0 aromatic carbocycles. The molecule has 8 heteroatoms. The number of nitrogens with zero attached hydrogens (tertiary/aromatic N) is 1. The van der Waals surface area contributed by atoms with E-state index in [2.05, 4.69) is 12.2 Å². The van der Waals surface area contributed by atoms with Crippen LogP contribution in [0.1, 0.15) is 43.9 Å². The monoisotopic (exact) mass is 402 g/mol. The van der Waals surface area contributed by atoms with E-state index in [1.807, 2.05) is 13.0 Å². The van der Waals surface area contributed by atoms with Crippen molar-refractivity contribution in [3.05, 3.63) is 17.0 Å². The summed E-state index contributed by atoms with van der Waals surface area (Å²) < 4.78 is 32.8. The Bertz CT molecular complexity index is 672. The molecular weight excluding hydrogens is 372 g/mol. The number of hydrogen-bond donors (Lipinski definition) is 1. The molecule has 1 amide bonds. The summed E-state index contributed by atoms with van der Waals surface area (Å²) in [6.45, 7) is 6.73. The van der Waals surface area contributed by atoms with Crippen LogP contribution >= 0.6 is 11.3 Å². The number of thiophene rings is 1. The predicted octanol–water partition coefficient (Wildman–Crippen LogP) is 2.78. The Labute approximate surface area is 161 Å². The number of hydrogen-bond acceptors (Lipinski definition) is 5. The molecule has 1 unspecified atom stereocenters. The molecule has 1 aromatic heterocycles. The molecule has 26 heavy (non-hydrogen) atoms. The minimum absolute atomic E-state index is 0.0548. The van der Waals surface area contributed by atoms with Gasteiger partial charge in [-0.2, -0.15) is 4.31 Å². The molecule has 2 rings (SSSR count). The normalized spacial score (nSPS) is 18.8. The Hall–Kier alpha value is -0.960. The molecule has 6 nitrogen and oxygen atoms in total. The van der Waals surface area contributed by atoms with Crippen LogP contribution in [0.5, 0.6) is 0 Å². The largest absolute Gasteiger partial charge is 0.381 e. The summed E-state index contributed by atoms with van der Waals surface area (Å²) in [5, 5.41) is 2.92. The SMILES string of the molecule is CCCCOCCCNC(=O)C1CCCN(S(=O)(=O)c2ccc(C)s2)C1. The number of nitrogens with one attached hydrogen (secondary N) is 1. The maximum absolute atomic E-state index is 12.7. The first kappa shape index (κ1) is 21.3. The molecule has 148 valence electrons. The maximum Gasteiger partial charge on any atom is 0.252 e. The van der Waals surface area contributed by atoms with Crippen LogP contribution in [-0.2, 0) is 19.6 Å². The molecule has 1 N–H and O–H groups in total. The van der Waals surface area contributed by atoms with Crippen molar-refractivity contribution < 1.29 is 17.9 Å². The van der Waals surface area contributed by atoms with Crippen molar-refractivity contribution >= 4 is 27.3 Å². The number of piperidine rings is 1. The van der Waals surface area contributed by atoms with E-state index in [0.29, 0.717) is 30.3 Å². The molecule has 0 saturated carbocycles. The summed E-state index contributed by atoms with van der Waals surface area (Å²) in [5.74, 6) is -0.332. The number of amides is 1. The average molecular weight is 403 g/mol. The van der Waals surface area contributed by atoms with Gasteiger partial charge in [0.1, 0.15) is 4.21 Å². The van der Waals surface area contributed by atoms with Gasteiger partial charge < -0.3 is 10.1 Å². The van der Waals surface area contributed by atoms with Crippen LogP contribution in [0.25, 0.3) is 0 Å². The van der Waals surface area contributed by atoms with Crippen molar-refractivity contribution in [2.24, 2.45) is 5.92 Å². The molecule has 0 radical (unpaired) electrons. The summed E-state index contributed by atoms with van der Waals surface area (Å²) in [4.78, 5) is 13.3. The topological polar surface area (TPSA) is 75.7 Å². The number of aryl methyl sites for hydroxylation is 1. The van der Waals surface area contributed by atoms with E-state index in [1.165, 1.54) is 15.6 Å². The second kappa shape index (κ2) is 10.4. The molecule has 0 aliphatic carbocycles. The lowest BCUT2D eigenvalue weighted by Crippen LogP contribution is -2.45. The second-order valence-electron chi connectivity index (χ2n) is 6.68. The summed E-state index contributed by atoms with van der Waals surface area (Å²) >= 11 is 1.28. The first-order valence-electron chi connectivity index (χ1n) is 9.37. The molecular formula is C18H30N2O4S2. The van der Waals surface area contributed by atoms with Gasteiger partial charge in [-0.1, -0.05) is 13.3 Å². The highest BCUT2D eigenvalue weighted by atomic mass is 32.2. The lowest BCUT2D eigenvalue weighted by Gasteiger charge is -2.30. The van der Waals surface area contributed by atoms with Crippen LogP contribution in [0, 0.1) is 12.8 Å². The van der Waals surface area contributed by atoms with Crippen LogP contribution < -0.4 is 5.32 Å². The zero-order valence-electron chi connectivity index (χ0n) is 15.7. The predicted molar refractivity (Wildman–Crippen MR) is 104 cm³/mol. The van der Waals surface area contributed by atoms with Crippen molar-refractivity contribution in [1.29, 1.82) is 0 Å². The molecule has 1 aromatic rings. The van der Waals surface area contributed by atoms with E-state index in [0.717, 1.165) is 37.2 Å². The van der Waals surface area contributed by atoms with Crippen LogP contribution in [-0.4, -0.2) is 51.5 Å². The van der Waals surface area contributed by atoms with Crippen LogP contribution in [0.4, 0.5) is 0 Å². The zero-order chi connectivity index (χ0) is 19.0. The van der Waals surface area contributed by atoms with Crippen LogP contribution in [0.3, 0.4) is 0 Å². The summed E-state index contributed by atoms with van der Waals surface area (Å²) in [6, 6.07) is 3.46. The average Bonchev–Trinajstić information content (AvgIpc) is 3.08. The van der Waals surface area contributed by atoms with Gasteiger partial charge in [-0.15, -0.1) is 11.3 Å². The molecule has 0 spiro atoms. The second-order valence-corrected chi connectivity index (χ2v) is 10.1. The first-order chi connectivity index (χ1) is 12.4. The Morgan fingerprint density at radius 2 is 2.12 bits per heavy atom. The third-order valence-electron chi connectivity index (χ3n) is 4.47.